The summed E-state index contributed by atoms with van der Waals surface area (Å²) in [4.78, 5) is 2.74. The minimum atomic E-state index is 0.739. The molecule has 0 saturated carbocycles. The molecular formula is C11H22N2S2. The van der Waals surface area contributed by atoms with Gasteiger partial charge in [-0.3, -0.25) is 4.90 Å². The lowest BCUT2D eigenvalue weighted by Crippen LogP contribution is -2.53. The van der Waals surface area contributed by atoms with E-state index >= 15 is 0 Å². The highest BCUT2D eigenvalue weighted by atomic mass is 32.2. The molecule has 4 heteroatoms. The summed E-state index contributed by atoms with van der Waals surface area (Å²) in [5, 5.41) is 5.12. The molecule has 15 heavy (non-hydrogen) atoms. The van der Waals surface area contributed by atoms with E-state index in [2.05, 4.69) is 42.1 Å². The fraction of sp³-hybridized carbons (Fsp3) is 1.00. The van der Waals surface area contributed by atoms with Gasteiger partial charge < -0.3 is 5.32 Å². The third-order valence-corrected chi connectivity index (χ3v) is 6.21. The van der Waals surface area contributed by atoms with Gasteiger partial charge in [0.25, 0.3) is 0 Å². The maximum Gasteiger partial charge on any atom is 0.0355 e. The zero-order valence-corrected chi connectivity index (χ0v) is 11.5. The first-order chi connectivity index (χ1) is 7.24. The highest BCUT2D eigenvalue weighted by molar-refractivity contribution is 8.00. The molecule has 0 amide bonds. The van der Waals surface area contributed by atoms with Crippen molar-refractivity contribution < 1.29 is 0 Å². The van der Waals surface area contributed by atoms with Crippen molar-refractivity contribution in [2.45, 2.75) is 36.4 Å². The number of hydrogen-bond donors (Lipinski definition) is 1. The number of nitrogens with one attached hydrogen (secondary N) is 1. The largest absolute Gasteiger partial charge is 0.314 e. The van der Waals surface area contributed by atoms with Crippen LogP contribution in [0.5, 0.6) is 0 Å². The number of nitrogens with zero attached hydrogens (tertiary/aromatic N) is 1. The Morgan fingerprint density at radius 1 is 1.33 bits per heavy atom. The van der Waals surface area contributed by atoms with E-state index in [1.807, 2.05) is 11.8 Å². The first-order valence-electron chi connectivity index (χ1n) is 5.85. The highest BCUT2D eigenvalue weighted by Gasteiger charge is 2.37. The molecule has 2 fully saturated rings. The maximum absolute atomic E-state index is 3.54. The molecule has 0 aliphatic carbocycles. The molecule has 2 nitrogen and oxygen atoms in total. The van der Waals surface area contributed by atoms with E-state index in [1.54, 1.807) is 0 Å². The van der Waals surface area contributed by atoms with E-state index in [0.717, 1.165) is 22.6 Å². The molecule has 88 valence electrons. The molecule has 4 unspecified atom stereocenters. The van der Waals surface area contributed by atoms with Gasteiger partial charge in [0, 0.05) is 48.0 Å². The van der Waals surface area contributed by atoms with Crippen LogP contribution in [-0.4, -0.2) is 59.1 Å². The second kappa shape index (κ2) is 5.30. The Kier molecular flexibility index (Phi) is 4.27. The fourth-order valence-electron chi connectivity index (χ4n) is 2.64. The van der Waals surface area contributed by atoms with Crippen molar-refractivity contribution >= 4 is 23.5 Å². The van der Waals surface area contributed by atoms with Crippen molar-refractivity contribution in [2.75, 3.05) is 31.6 Å². The third-order valence-electron chi connectivity index (χ3n) is 3.79. The van der Waals surface area contributed by atoms with Crippen molar-refractivity contribution in [1.82, 2.24) is 10.2 Å². The summed E-state index contributed by atoms with van der Waals surface area (Å²) in [7, 11) is 0. The molecule has 2 saturated heterocycles. The first-order valence-corrected chi connectivity index (χ1v) is 8.18. The standard InChI is InChI=1S/C11H22N2S2/c1-8-9(2)15-5-4-13(8)10-6-12-7-11(10)14-3/h8-12H,4-7H2,1-3H3. The predicted octanol–water partition coefficient (Wildman–Crippen LogP) is 1.52. The van der Waals surface area contributed by atoms with Gasteiger partial charge in [0.1, 0.15) is 0 Å². The lowest BCUT2D eigenvalue weighted by Gasteiger charge is -2.42. The average Bonchev–Trinajstić information content (AvgIpc) is 2.70. The minimum Gasteiger partial charge on any atom is -0.314 e. The molecule has 0 aromatic carbocycles. The van der Waals surface area contributed by atoms with E-state index in [-0.39, 0.29) is 0 Å². The summed E-state index contributed by atoms with van der Waals surface area (Å²) in [6.45, 7) is 8.42. The van der Waals surface area contributed by atoms with Gasteiger partial charge in [-0.25, -0.2) is 0 Å². The van der Waals surface area contributed by atoms with E-state index in [1.165, 1.54) is 25.4 Å². The molecule has 2 heterocycles. The molecule has 0 radical (unpaired) electrons. The van der Waals surface area contributed by atoms with Crippen molar-refractivity contribution in [1.29, 1.82) is 0 Å². The van der Waals surface area contributed by atoms with Crippen molar-refractivity contribution in [3.63, 3.8) is 0 Å². The normalized spacial score (nSPS) is 43.4. The Hall–Kier alpha value is 0.620. The van der Waals surface area contributed by atoms with E-state index in [9.17, 15) is 0 Å². The van der Waals surface area contributed by atoms with E-state index < -0.39 is 0 Å². The zero-order valence-electron chi connectivity index (χ0n) is 9.90. The molecule has 2 aliphatic rings. The Balaban J connectivity index is 2.01. The molecule has 2 aliphatic heterocycles. The fourth-order valence-corrected chi connectivity index (χ4v) is 4.61. The highest BCUT2D eigenvalue weighted by Crippen LogP contribution is 2.30. The predicted molar refractivity (Wildman–Crippen MR) is 72.0 cm³/mol. The second-order valence-electron chi connectivity index (χ2n) is 4.55. The van der Waals surface area contributed by atoms with E-state index in [4.69, 9.17) is 0 Å². The van der Waals surface area contributed by atoms with Gasteiger partial charge in [0.15, 0.2) is 0 Å². The topological polar surface area (TPSA) is 15.3 Å². The van der Waals surface area contributed by atoms with Crippen LogP contribution in [-0.2, 0) is 0 Å². The van der Waals surface area contributed by atoms with Crippen LogP contribution in [0.25, 0.3) is 0 Å². The second-order valence-corrected chi connectivity index (χ2v) is 7.12. The Labute approximate surface area is 102 Å². The van der Waals surface area contributed by atoms with Crippen molar-refractivity contribution in [3.05, 3.63) is 0 Å². The van der Waals surface area contributed by atoms with Crippen LogP contribution in [0.3, 0.4) is 0 Å². The molecule has 0 aromatic heterocycles. The summed E-state index contributed by atoms with van der Waals surface area (Å²) in [6.07, 6.45) is 2.25. The summed E-state index contributed by atoms with van der Waals surface area (Å²) >= 11 is 4.16. The van der Waals surface area contributed by atoms with Crippen molar-refractivity contribution in [2.24, 2.45) is 0 Å². The smallest absolute Gasteiger partial charge is 0.0355 e. The van der Waals surface area contributed by atoms with Crippen LogP contribution in [0.1, 0.15) is 13.8 Å². The zero-order chi connectivity index (χ0) is 10.8. The molecule has 0 bridgehead atoms. The monoisotopic (exact) mass is 246 g/mol. The van der Waals surface area contributed by atoms with Gasteiger partial charge in [-0.05, 0) is 13.2 Å². The lowest BCUT2D eigenvalue weighted by molar-refractivity contribution is 0.160. The molecule has 0 aromatic rings. The van der Waals surface area contributed by atoms with Gasteiger partial charge in [0.2, 0.25) is 0 Å². The van der Waals surface area contributed by atoms with Gasteiger partial charge in [-0.1, -0.05) is 6.92 Å². The number of rotatable bonds is 2. The lowest BCUT2D eigenvalue weighted by atomic mass is 10.1. The molecule has 0 spiro atoms. The average molecular weight is 246 g/mol. The molecule has 4 atom stereocenters. The van der Waals surface area contributed by atoms with Crippen LogP contribution in [0.15, 0.2) is 0 Å². The van der Waals surface area contributed by atoms with Crippen LogP contribution in [0, 0.1) is 0 Å². The van der Waals surface area contributed by atoms with E-state index in [0.29, 0.717) is 0 Å². The van der Waals surface area contributed by atoms with Crippen LogP contribution in [0.4, 0.5) is 0 Å². The van der Waals surface area contributed by atoms with Gasteiger partial charge in [-0.2, -0.15) is 23.5 Å². The first kappa shape index (κ1) is 12.1. The molecule has 2 rings (SSSR count). The maximum atomic E-state index is 3.54. The van der Waals surface area contributed by atoms with Gasteiger partial charge >= 0.3 is 0 Å². The Morgan fingerprint density at radius 2 is 2.13 bits per heavy atom. The van der Waals surface area contributed by atoms with Crippen molar-refractivity contribution in [3.8, 4) is 0 Å². The molecule has 1 N–H and O–H groups in total. The SMILES string of the molecule is CSC1CNCC1N1CCSC(C)C1C. The summed E-state index contributed by atoms with van der Waals surface area (Å²) < 4.78 is 0. The third kappa shape index (κ3) is 2.48. The minimum absolute atomic E-state index is 0.739. The van der Waals surface area contributed by atoms with Crippen LogP contribution < -0.4 is 5.32 Å². The van der Waals surface area contributed by atoms with Crippen LogP contribution in [0.2, 0.25) is 0 Å². The number of thioether (sulfide) groups is 2. The quantitative estimate of drug-likeness (QED) is 0.794. The molecular weight excluding hydrogens is 224 g/mol. The summed E-state index contributed by atoms with van der Waals surface area (Å²) in [5.41, 5.74) is 0. The number of hydrogen-bond acceptors (Lipinski definition) is 4. The Morgan fingerprint density at radius 3 is 2.87 bits per heavy atom. The van der Waals surface area contributed by atoms with Crippen LogP contribution >= 0.6 is 23.5 Å². The van der Waals surface area contributed by atoms with Gasteiger partial charge in [-0.15, -0.1) is 0 Å². The summed E-state index contributed by atoms with van der Waals surface area (Å²) in [6, 6.07) is 1.50. The Bertz CT molecular complexity index is 213. The van der Waals surface area contributed by atoms with Gasteiger partial charge in [0.05, 0.1) is 0 Å². The summed E-state index contributed by atoms with van der Waals surface area (Å²) in [5.74, 6) is 1.31.